The normalized spacial score (nSPS) is 11.3. The van der Waals surface area contributed by atoms with E-state index in [1.54, 1.807) is 0 Å². The highest BCUT2D eigenvalue weighted by Gasteiger charge is 2.25. The van der Waals surface area contributed by atoms with Crippen LogP contribution in [0.1, 0.15) is 23.0 Å². The summed E-state index contributed by atoms with van der Waals surface area (Å²) in [7, 11) is 0. The molecule has 0 aliphatic heterocycles. The van der Waals surface area contributed by atoms with Crippen molar-refractivity contribution in [3.63, 3.8) is 0 Å². The van der Waals surface area contributed by atoms with Gasteiger partial charge in [-0.25, -0.2) is 4.79 Å². The molecule has 0 saturated heterocycles. The molecule has 0 fully saturated rings. The summed E-state index contributed by atoms with van der Waals surface area (Å²) in [6, 6.07) is 2.10. The van der Waals surface area contributed by atoms with E-state index in [0.717, 1.165) is 18.3 Å². The Kier molecular flexibility index (Phi) is 2.27. The number of hydrogen-bond acceptors (Lipinski definition) is 2. The number of carboxylic acids is 1. The van der Waals surface area contributed by atoms with Crippen molar-refractivity contribution in [3.05, 3.63) is 29.6 Å². The second-order valence-electron chi connectivity index (χ2n) is 2.63. The molecule has 0 saturated carbocycles. The van der Waals surface area contributed by atoms with Crippen LogP contribution in [0.15, 0.2) is 18.3 Å². The smallest absolute Gasteiger partial charge is 0.337 e. The number of rotatable bonds is 2. The van der Waals surface area contributed by atoms with Gasteiger partial charge in [0.1, 0.15) is 5.69 Å². The third-order valence-corrected chi connectivity index (χ3v) is 1.46. The Morgan fingerprint density at radius 1 is 1.54 bits per heavy atom. The molecule has 1 heterocycles. The van der Waals surface area contributed by atoms with Crippen LogP contribution >= 0.6 is 0 Å². The minimum Gasteiger partial charge on any atom is -0.478 e. The summed E-state index contributed by atoms with van der Waals surface area (Å²) >= 11 is 0. The molecular formula is C8H7F2NO2. The summed E-state index contributed by atoms with van der Waals surface area (Å²) in [5.41, 5.74) is -0.537. The predicted molar refractivity (Wildman–Crippen MR) is 40.8 cm³/mol. The van der Waals surface area contributed by atoms with Gasteiger partial charge >= 0.3 is 5.97 Å². The summed E-state index contributed by atoms with van der Waals surface area (Å²) in [6.07, 6.45) is 0.912. The molecule has 5 heteroatoms. The highest BCUT2D eigenvalue weighted by atomic mass is 19.3. The Morgan fingerprint density at radius 2 is 2.15 bits per heavy atom. The molecule has 70 valence electrons. The number of aromatic nitrogens is 1. The van der Waals surface area contributed by atoms with Crippen LogP contribution in [0.25, 0.3) is 0 Å². The number of carboxylic acid groups (broad SMARTS) is 1. The van der Waals surface area contributed by atoms with Crippen molar-refractivity contribution in [2.45, 2.75) is 12.8 Å². The van der Waals surface area contributed by atoms with Gasteiger partial charge in [-0.15, -0.1) is 0 Å². The standard InChI is InChI=1S/C8H7F2NO2/c1-8(9,10)6-3-2-5(4-11-6)7(12)13/h2-4H,1H3,(H,12,13). The van der Waals surface area contributed by atoms with E-state index in [0.29, 0.717) is 6.92 Å². The summed E-state index contributed by atoms with van der Waals surface area (Å²) in [4.78, 5) is 13.7. The van der Waals surface area contributed by atoms with Gasteiger partial charge in [-0.3, -0.25) is 4.98 Å². The van der Waals surface area contributed by atoms with Crippen LogP contribution in [0.3, 0.4) is 0 Å². The van der Waals surface area contributed by atoms with Crippen LogP contribution < -0.4 is 0 Å². The first-order valence-corrected chi connectivity index (χ1v) is 3.49. The van der Waals surface area contributed by atoms with E-state index in [1.165, 1.54) is 0 Å². The number of carbonyl (C=O) groups is 1. The molecule has 1 N–H and O–H groups in total. The number of alkyl halides is 2. The lowest BCUT2D eigenvalue weighted by Crippen LogP contribution is -2.10. The fraction of sp³-hybridized carbons (Fsp3) is 0.250. The Balaban J connectivity index is 3.01. The van der Waals surface area contributed by atoms with Gasteiger partial charge < -0.3 is 5.11 Å². The van der Waals surface area contributed by atoms with Gasteiger partial charge in [0.05, 0.1) is 5.56 Å². The first-order chi connectivity index (χ1) is 5.91. The molecule has 0 amide bonds. The molecule has 13 heavy (non-hydrogen) atoms. The molecule has 3 nitrogen and oxygen atoms in total. The van der Waals surface area contributed by atoms with Crippen LogP contribution in [0.2, 0.25) is 0 Å². The van der Waals surface area contributed by atoms with Crippen LogP contribution in [0, 0.1) is 0 Å². The number of pyridine rings is 1. The molecule has 0 aliphatic carbocycles. The van der Waals surface area contributed by atoms with Crippen molar-refractivity contribution in [2.75, 3.05) is 0 Å². The number of nitrogens with zero attached hydrogens (tertiary/aromatic N) is 1. The molecule has 0 aliphatic rings. The van der Waals surface area contributed by atoms with E-state index in [9.17, 15) is 13.6 Å². The van der Waals surface area contributed by atoms with Gasteiger partial charge in [-0.1, -0.05) is 0 Å². The Morgan fingerprint density at radius 3 is 2.46 bits per heavy atom. The number of aromatic carboxylic acids is 1. The minimum atomic E-state index is -3.03. The largest absolute Gasteiger partial charge is 0.478 e. The van der Waals surface area contributed by atoms with Crippen molar-refractivity contribution in [2.24, 2.45) is 0 Å². The Bertz CT molecular complexity index is 316. The average molecular weight is 187 g/mol. The second-order valence-corrected chi connectivity index (χ2v) is 2.63. The van der Waals surface area contributed by atoms with Gasteiger partial charge in [0.15, 0.2) is 0 Å². The highest BCUT2D eigenvalue weighted by Crippen LogP contribution is 2.24. The van der Waals surface area contributed by atoms with Crippen molar-refractivity contribution in [1.29, 1.82) is 0 Å². The molecule has 0 unspecified atom stereocenters. The topological polar surface area (TPSA) is 50.2 Å². The first kappa shape index (κ1) is 9.57. The molecule has 1 rings (SSSR count). The zero-order valence-electron chi connectivity index (χ0n) is 6.79. The molecule has 0 aromatic carbocycles. The quantitative estimate of drug-likeness (QED) is 0.769. The van der Waals surface area contributed by atoms with Crippen LogP contribution in [-0.2, 0) is 5.92 Å². The van der Waals surface area contributed by atoms with E-state index in [2.05, 4.69) is 4.98 Å². The zero-order chi connectivity index (χ0) is 10.1. The highest BCUT2D eigenvalue weighted by molar-refractivity contribution is 5.87. The van der Waals surface area contributed by atoms with Gasteiger partial charge in [0.2, 0.25) is 0 Å². The lowest BCUT2D eigenvalue weighted by molar-refractivity contribution is 0.0126. The zero-order valence-corrected chi connectivity index (χ0v) is 6.79. The summed E-state index contributed by atoms with van der Waals surface area (Å²) in [6.45, 7) is 0.704. The Labute approximate surface area is 73.0 Å². The molecule has 1 aromatic heterocycles. The molecule has 1 aromatic rings. The predicted octanol–water partition coefficient (Wildman–Crippen LogP) is 1.89. The fourth-order valence-electron chi connectivity index (χ4n) is 0.780. The van der Waals surface area contributed by atoms with E-state index < -0.39 is 17.6 Å². The number of hydrogen-bond donors (Lipinski definition) is 1. The average Bonchev–Trinajstić information content (AvgIpc) is 2.03. The SMILES string of the molecule is CC(F)(F)c1ccc(C(=O)O)cn1. The van der Waals surface area contributed by atoms with E-state index >= 15 is 0 Å². The lowest BCUT2D eigenvalue weighted by Gasteiger charge is -2.08. The van der Waals surface area contributed by atoms with Gasteiger partial charge in [-0.2, -0.15) is 8.78 Å². The lowest BCUT2D eigenvalue weighted by atomic mass is 10.2. The monoisotopic (exact) mass is 187 g/mol. The molecule has 0 atom stereocenters. The fourth-order valence-corrected chi connectivity index (χ4v) is 0.780. The second kappa shape index (κ2) is 3.08. The maximum absolute atomic E-state index is 12.6. The van der Waals surface area contributed by atoms with Crippen molar-refractivity contribution in [3.8, 4) is 0 Å². The molecular weight excluding hydrogens is 180 g/mol. The maximum atomic E-state index is 12.6. The van der Waals surface area contributed by atoms with E-state index in [-0.39, 0.29) is 5.56 Å². The van der Waals surface area contributed by atoms with Crippen molar-refractivity contribution in [1.82, 2.24) is 4.98 Å². The van der Waals surface area contributed by atoms with E-state index in [1.807, 2.05) is 0 Å². The maximum Gasteiger partial charge on any atom is 0.337 e. The minimum absolute atomic E-state index is 0.104. The van der Waals surface area contributed by atoms with Crippen LogP contribution in [0.4, 0.5) is 8.78 Å². The van der Waals surface area contributed by atoms with Crippen LogP contribution in [-0.4, -0.2) is 16.1 Å². The van der Waals surface area contributed by atoms with Gasteiger partial charge in [0, 0.05) is 13.1 Å². The molecule has 0 bridgehead atoms. The molecule has 0 radical (unpaired) electrons. The summed E-state index contributed by atoms with van der Waals surface area (Å²) < 4.78 is 25.2. The van der Waals surface area contributed by atoms with Gasteiger partial charge in [0.25, 0.3) is 5.92 Å². The third-order valence-electron chi connectivity index (χ3n) is 1.46. The third kappa shape index (κ3) is 2.21. The van der Waals surface area contributed by atoms with Crippen molar-refractivity contribution < 1.29 is 18.7 Å². The first-order valence-electron chi connectivity index (χ1n) is 3.49. The summed E-state index contributed by atoms with van der Waals surface area (Å²) in [5, 5.41) is 8.45. The summed E-state index contributed by atoms with van der Waals surface area (Å²) in [5.74, 6) is -4.21. The van der Waals surface area contributed by atoms with Gasteiger partial charge in [-0.05, 0) is 12.1 Å². The molecule has 0 spiro atoms. The van der Waals surface area contributed by atoms with Crippen LogP contribution in [0.5, 0.6) is 0 Å². The van der Waals surface area contributed by atoms with E-state index in [4.69, 9.17) is 5.11 Å². The Hall–Kier alpha value is -1.52. The van der Waals surface area contributed by atoms with Crippen molar-refractivity contribution >= 4 is 5.97 Å². The number of halogens is 2.